The number of hydrogen-bond donors (Lipinski definition) is 1. The van der Waals surface area contributed by atoms with Crippen LogP contribution < -0.4 is 5.32 Å². The average molecular weight is 413 g/mol. The molecule has 0 aliphatic carbocycles. The van der Waals surface area contributed by atoms with Gasteiger partial charge in [0.15, 0.2) is 0 Å². The maximum Gasteiger partial charge on any atom is 0.256 e. The number of likely N-dealkylation sites (tertiary alicyclic amines) is 1. The van der Waals surface area contributed by atoms with Crippen molar-refractivity contribution in [3.05, 3.63) is 72.7 Å². The van der Waals surface area contributed by atoms with E-state index in [9.17, 15) is 4.79 Å². The number of piperidine rings is 1. The number of benzene rings is 2. The molecule has 2 atom stereocenters. The summed E-state index contributed by atoms with van der Waals surface area (Å²) < 4.78 is 0. The molecule has 0 radical (unpaired) electrons. The zero-order chi connectivity index (χ0) is 21.2. The molecule has 0 spiro atoms. The standard InChI is InChI=1S/C23H23N7O/c1-16-18(27-22-15-24-19-8-3-4-9-20(19)28-22)10-6-14-29(16)23(31)17-7-2-5-11-21(17)30-25-12-13-26-30/h2-5,7-9,11-13,15-16,18H,6,10,14H2,1H3,(H,27,28). The smallest absolute Gasteiger partial charge is 0.256 e. The van der Waals surface area contributed by atoms with Gasteiger partial charge in [-0.15, -0.1) is 0 Å². The van der Waals surface area contributed by atoms with E-state index >= 15 is 0 Å². The molecule has 4 aromatic rings. The van der Waals surface area contributed by atoms with Gasteiger partial charge in [0.2, 0.25) is 0 Å². The number of carbonyl (C=O) groups excluding carboxylic acids is 1. The van der Waals surface area contributed by atoms with Gasteiger partial charge in [-0.05, 0) is 44.0 Å². The molecule has 156 valence electrons. The van der Waals surface area contributed by atoms with E-state index in [1.807, 2.05) is 53.4 Å². The minimum absolute atomic E-state index is 0.00634. The summed E-state index contributed by atoms with van der Waals surface area (Å²) in [5, 5.41) is 11.9. The third-order valence-electron chi connectivity index (χ3n) is 5.80. The van der Waals surface area contributed by atoms with Crippen LogP contribution in [0.1, 0.15) is 30.1 Å². The number of rotatable bonds is 4. The van der Waals surface area contributed by atoms with Crippen LogP contribution in [0.2, 0.25) is 0 Å². The van der Waals surface area contributed by atoms with Crippen molar-refractivity contribution >= 4 is 22.8 Å². The van der Waals surface area contributed by atoms with E-state index in [0.29, 0.717) is 17.8 Å². The summed E-state index contributed by atoms with van der Waals surface area (Å²) in [7, 11) is 0. The predicted octanol–water partition coefficient (Wildman–Crippen LogP) is 3.32. The summed E-state index contributed by atoms with van der Waals surface area (Å²) in [5.74, 6) is 0.711. The van der Waals surface area contributed by atoms with Gasteiger partial charge in [-0.3, -0.25) is 9.78 Å². The van der Waals surface area contributed by atoms with Crippen LogP contribution in [-0.4, -0.2) is 54.4 Å². The molecule has 31 heavy (non-hydrogen) atoms. The topological polar surface area (TPSA) is 88.8 Å². The first-order valence-electron chi connectivity index (χ1n) is 10.5. The Morgan fingerprint density at radius 1 is 1.03 bits per heavy atom. The summed E-state index contributed by atoms with van der Waals surface area (Å²) in [4.78, 5) is 26.1. The number of para-hydroxylation sites is 3. The molecule has 1 fully saturated rings. The Balaban J connectivity index is 1.38. The number of aromatic nitrogens is 5. The van der Waals surface area contributed by atoms with Gasteiger partial charge >= 0.3 is 0 Å². The van der Waals surface area contributed by atoms with Crippen molar-refractivity contribution in [3.8, 4) is 5.69 Å². The number of fused-ring (bicyclic) bond motifs is 1. The lowest BCUT2D eigenvalue weighted by Gasteiger charge is -2.40. The average Bonchev–Trinajstić information content (AvgIpc) is 3.35. The van der Waals surface area contributed by atoms with Crippen LogP contribution in [0.5, 0.6) is 0 Å². The summed E-state index contributed by atoms with van der Waals surface area (Å²) in [6.45, 7) is 2.79. The highest BCUT2D eigenvalue weighted by atomic mass is 16.2. The lowest BCUT2D eigenvalue weighted by molar-refractivity contribution is 0.0616. The normalized spacial score (nSPS) is 18.8. The lowest BCUT2D eigenvalue weighted by atomic mass is 9.96. The van der Waals surface area contributed by atoms with Crippen molar-refractivity contribution in [1.29, 1.82) is 0 Å². The van der Waals surface area contributed by atoms with E-state index in [-0.39, 0.29) is 18.0 Å². The molecular formula is C23H23N7O. The van der Waals surface area contributed by atoms with Gasteiger partial charge in [-0.25, -0.2) is 4.98 Å². The first-order valence-corrected chi connectivity index (χ1v) is 10.5. The second-order valence-corrected chi connectivity index (χ2v) is 7.71. The van der Waals surface area contributed by atoms with E-state index in [4.69, 9.17) is 0 Å². The Bertz CT molecular complexity index is 1210. The fourth-order valence-electron chi connectivity index (χ4n) is 4.16. The number of amides is 1. The minimum Gasteiger partial charge on any atom is -0.364 e. The summed E-state index contributed by atoms with van der Waals surface area (Å²) in [5.41, 5.74) is 2.99. The minimum atomic E-state index is -0.0171. The first-order chi connectivity index (χ1) is 15.2. The van der Waals surface area contributed by atoms with Gasteiger partial charge in [-0.2, -0.15) is 15.0 Å². The Morgan fingerprint density at radius 2 is 1.77 bits per heavy atom. The molecule has 3 heterocycles. The van der Waals surface area contributed by atoms with Crippen LogP contribution in [0.15, 0.2) is 67.1 Å². The van der Waals surface area contributed by atoms with Crippen LogP contribution in [0, 0.1) is 0 Å². The third-order valence-corrected chi connectivity index (χ3v) is 5.80. The fourth-order valence-corrected chi connectivity index (χ4v) is 4.16. The Labute approximate surface area is 179 Å². The van der Waals surface area contributed by atoms with Crippen LogP contribution in [0.25, 0.3) is 16.7 Å². The molecule has 8 nitrogen and oxygen atoms in total. The molecule has 2 unspecified atom stereocenters. The molecule has 1 aliphatic heterocycles. The predicted molar refractivity (Wildman–Crippen MR) is 118 cm³/mol. The monoisotopic (exact) mass is 413 g/mol. The molecule has 8 heteroatoms. The third kappa shape index (κ3) is 3.72. The van der Waals surface area contributed by atoms with Crippen molar-refractivity contribution < 1.29 is 4.79 Å². The first kappa shape index (κ1) is 19.2. The lowest BCUT2D eigenvalue weighted by Crippen LogP contribution is -2.52. The zero-order valence-electron chi connectivity index (χ0n) is 17.2. The molecule has 2 aromatic carbocycles. The maximum absolute atomic E-state index is 13.5. The summed E-state index contributed by atoms with van der Waals surface area (Å²) in [6, 6.07) is 15.3. The van der Waals surface area contributed by atoms with Gasteiger partial charge in [0.1, 0.15) is 5.82 Å². The molecule has 1 aliphatic rings. The molecule has 1 saturated heterocycles. The summed E-state index contributed by atoms with van der Waals surface area (Å²) >= 11 is 0. The zero-order valence-corrected chi connectivity index (χ0v) is 17.2. The quantitative estimate of drug-likeness (QED) is 0.552. The van der Waals surface area contributed by atoms with Crippen molar-refractivity contribution in [2.45, 2.75) is 31.8 Å². The number of nitrogens with one attached hydrogen (secondary N) is 1. The van der Waals surface area contributed by atoms with Gasteiger partial charge in [0.25, 0.3) is 5.91 Å². The summed E-state index contributed by atoms with van der Waals surface area (Å²) in [6.07, 6.45) is 6.85. The van der Waals surface area contributed by atoms with Crippen LogP contribution >= 0.6 is 0 Å². The highest BCUT2D eigenvalue weighted by molar-refractivity contribution is 5.98. The van der Waals surface area contributed by atoms with Crippen molar-refractivity contribution in [2.75, 3.05) is 11.9 Å². The van der Waals surface area contributed by atoms with E-state index in [1.54, 1.807) is 18.6 Å². The number of nitrogens with zero attached hydrogens (tertiary/aromatic N) is 6. The second kappa shape index (κ2) is 8.14. The van der Waals surface area contributed by atoms with Gasteiger partial charge in [0, 0.05) is 18.6 Å². The van der Waals surface area contributed by atoms with Crippen molar-refractivity contribution in [1.82, 2.24) is 29.9 Å². The van der Waals surface area contributed by atoms with Crippen molar-refractivity contribution in [2.24, 2.45) is 0 Å². The molecule has 1 N–H and O–H groups in total. The van der Waals surface area contributed by atoms with Crippen LogP contribution in [0.4, 0.5) is 5.82 Å². The SMILES string of the molecule is CC1C(Nc2cnc3ccccc3n2)CCCN1C(=O)c1ccccc1-n1nccn1. The highest BCUT2D eigenvalue weighted by Crippen LogP contribution is 2.25. The fraction of sp³-hybridized carbons (Fsp3) is 0.261. The van der Waals surface area contributed by atoms with Crippen molar-refractivity contribution in [3.63, 3.8) is 0 Å². The van der Waals surface area contributed by atoms with Gasteiger partial charge in [0.05, 0.1) is 40.9 Å². The second-order valence-electron chi connectivity index (χ2n) is 7.71. The molecule has 5 rings (SSSR count). The molecule has 2 aromatic heterocycles. The largest absolute Gasteiger partial charge is 0.364 e. The molecular weight excluding hydrogens is 390 g/mol. The Morgan fingerprint density at radius 3 is 2.61 bits per heavy atom. The van der Waals surface area contributed by atoms with Crippen LogP contribution in [0.3, 0.4) is 0 Å². The molecule has 0 saturated carbocycles. The number of hydrogen-bond acceptors (Lipinski definition) is 6. The number of anilines is 1. The maximum atomic E-state index is 13.5. The Hall–Kier alpha value is -3.81. The van der Waals surface area contributed by atoms with E-state index in [1.165, 1.54) is 4.80 Å². The number of carbonyl (C=O) groups is 1. The Kier molecular flexibility index (Phi) is 5.03. The van der Waals surface area contributed by atoms with Gasteiger partial charge in [-0.1, -0.05) is 24.3 Å². The highest BCUT2D eigenvalue weighted by Gasteiger charge is 2.33. The van der Waals surface area contributed by atoms with Gasteiger partial charge < -0.3 is 10.2 Å². The van der Waals surface area contributed by atoms with E-state index in [2.05, 4.69) is 32.4 Å². The molecule has 1 amide bonds. The van der Waals surface area contributed by atoms with E-state index < -0.39 is 0 Å². The molecule has 0 bridgehead atoms. The van der Waals surface area contributed by atoms with Crippen LogP contribution in [-0.2, 0) is 0 Å². The van der Waals surface area contributed by atoms with E-state index in [0.717, 1.165) is 29.7 Å².